The second kappa shape index (κ2) is 18.9. The molecule has 11 heteroatoms. The predicted molar refractivity (Wildman–Crippen MR) is 184 cm³/mol. The van der Waals surface area contributed by atoms with Crippen LogP contribution >= 0.6 is 0 Å². The third kappa shape index (κ3) is 12.2. The van der Waals surface area contributed by atoms with Crippen LogP contribution in [0.4, 0.5) is 0 Å². The highest BCUT2D eigenvalue weighted by Gasteiger charge is 2.33. The van der Waals surface area contributed by atoms with E-state index in [0.717, 1.165) is 11.1 Å². The molecule has 0 aromatic heterocycles. The topological polar surface area (TPSA) is 189 Å². The average Bonchev–Trinajstić information content (AvgIpc) is 3.31. The number of hydrogen-bond acceptors (Lipinski definition) is 7. The molecule has 1 aliphatic rings. The Labute approximate surface area is 279 Å². The molecular weight excluding hydrogens is 594 g/mol. The SMILES string of the molecule is CC(C)C[C@@H](NC(=O)[C@H](CC(=O)[C@H](N)Cc1ccccc1)Cc1ccccc1)C(=O)C[C@H](CCN)C(=O)N1CCCN(C(=N)N)CC1. The number of hydrogen-bond donors (Lipinski definition) is 5. The predicted octanol–water partition coefficient (Wildman–Crippen LogP) is 2.26. The first-order valence-electron chi connectivity index (χ1n) is 16.8. The Hall–Kier alpha value is -4.09. The number of nitrogens with zero attached hydrogens (tertiary/aromatic N) is 2. The summed E-state index contributed by atoms with van der Waals surface area (Å²) in [4.78, 5) is 58.2. The van der Waals surface area contributed by atoms with Gasteiger partial charge in [0, 0.05) is 50.9 Å². The minimum atomic E-state index is -0.820. The first-order valence-corrected chi connectivity index (χ1v) is 16.8. The third-order valence-corrected chi connectivity index (χ3v) is 8.73. The Morgan fingerprint density at radius 3 is 1.94 bits per heavy atom. The lowest BCUT2D eigenvalue weighted by Gasteiger charge is -2.28. The fourth-order valence-electron chi connectivity index (χ4n) is 6.10. The Bertz CT molecular complexity index is 1320. The van der Waals surface area contributed by atoms with Gasteiger partial charge in [-0.3, -0.25) is 24.6 Å². The minimum absolute atomic E-state index is 0.0225. The van der Waals surface area contributed by atoms with Crippen molar-refractivity contribution in [3.05, 3.63) is 71.8 Å². The van der Waals surface area contributed by atoms with Gasteiger partial charge in [-0.25, -0.2) is 0 Å². The fourth-order valence-corrected chi connectivity index (χ4v) is 6.10. The molecular formula is C36H53N7O4. The summed E-state index contributed by atoms with van der Waals surface area (Å²) in [6, 6.07) is 17.4. The van der Waals surface area contributed by atoms with Gasteiger partial charge in [0.1, 0.15) is 0 Å². The quantitative estimate of drug-likeness (QED) is 0.128. The first kappa shape index (κ1) is 37.4. The largest absolute Gasteiger partial charge is 0.370 e. The van der Waals surface area contributed by atoms with Crippen LogP contribution in [-0.4, -0.2) is 83.9 Å². The summed E-state index contributed by atoms with van der Waals surface area (Å²) in [5, 5.41) is 10.7. The van der Waals surface area contributed by atoms with Crippen LogP contribution in [0.5, 0.6) is 0 Å². The standard InChI is InChI=1S/C36H53N7O4/c1-25(2)20-31(33(45)23-28(14-15-37)35(47)42-16-9-17-43(19-18-42)36(39)40)41-34(46)29(21-26-10-5-3-6-11-26)24-32(44)30(38)22-27-12-7-4-8-13-27/h3-8,10-13,25,28-31H,9,14-24,37-38H2,1-2H3,(H3,39,40)(H,41,46)/t28-,29-,30+,31+/m0/s1. The van der Waals surface area contributed by atoms with Crippen molar-refractivity contribution < 1.29 is 19.2 Å². The Morgan fingerprint density at radius 1 is 0.809 bits per heavy atom. The molecule has 1 saturated heterocycles. The van der Waals surface area contributed by atoms with Crippen LogP contribution in [0.3, 0.4) is 0 Å². The van der Waals surface area contributed by atoms with Crippen LogP contribution < -0.4 is 22.5 Å². The highest BCUT2D eigenvalue weighted by molar-refractivity contribution is 5.94. The number of guanidine groups is 1. The van der Waals surface area contributed by atoms with Crippen LogP contribution in [0.25, 0.3) is 0 Å². The summed E-state index contributed by atoms with van der Waals surface area (Å²) >= 11 is 0. The van der Waals surface area contributed by atoms with Crippen molar-refractivity contribution in [1.82, 2.24) is 15.1 Å². The molecule has 1 aliphatic heterocycles. The molecule has 0 bridgehead atoms. The van der Waals surface area contributed by atoms with Crippen molar-refractivity contribution in [2.75, 3.05) is 32.7 Å². The normalized spacial score (nSPS) is 16.1. The van der Waals surface area contributed by atoms with Crippen molar-refractivity contribution in [1.29, 1.82) is 5.41 Å². The number of rotatable bonds is 17. The maximum absolute atomic E-state index is 13.9. The molecule has 2 amide bonds. The summed E-state index contributed by atoms with van der Waals surface area (Å²) < 4.78 is 0. The Balaban J connectivity index is 1.74. The molecule has 0 unspecified atom stereocenters. The van der Waals surface area contributed by atoms with E-state index in [-0.39, 0.29) is 54.6 Å². The zero-order chi connectivity index (χ0) is 34.3. The summed E-state index contributed by atoms with van der Waals surface area (Å²) in [5.41, 5.74) is 19.7. The molecule has 1 heterocycles. The van der Waals surface area contributed by atoms with Gasteiger partial charge in [-0.05, 0) is 55.7 Å². The highest BCUT2D eigenvalue weighted by Crippen LogP contribution is 2.20. The number of benzene rings is 2. The minimum Gasteiger partial charge on any atom is -0.370 e. The van der Waals surface area contributed by atoms with Gasteiger partial charge in [0.25, 0.3) is 0 Å². The molecule has 4 atom stereocenters. The first-order chi connectivity index (χ1) is 22.5. The van der Waals surface area contributed by atoms with E-state index in [2.05, 4.69) is 5.32 Å². The molecule has 2 aromatic rings. The smallest absolute Gasteiger partial charge is 0.226 e. The zero-order valence-corrected chi connectivity index (χ0v) is 27.9. The van der Waals surface area contributed by atoms with Gasteiger partial charge in [-0.15, -0.1) is 0 Å². The van der Waals surface area contributed by atoms with Crippen molar-refractivity contribution in [3.8, 4) is 0 Å². The van der Waals surface area contributed by atoms with E-state index in [9.17, 15) is 19.2 Å². The van der Waals surface area contributed by atoms with E-state index in [0.29, 0.717) is 58.3 Å². The second-order valence-electron chi connectivity index (χ2n) is 13.0. The molecule has 3 rings (SSSR count). The average molecular weight is 648 g/mol. The molecule has 256 valence electrons. The van der Waals surface area contributed by atoms with Crippen LogP contribution in [0.1, 0.15) is 57.1 Å². The van der Waals surface area contributed by atoms with E-state index >= 15 is 0 Å². The van der Waals surface area contributed by atoms with Crippen molar-refractivity contribution in [3.63, 3.8) is 0 Å². The van der Waals surface area contributed by atoms with E-state index in [1.165, 1.54) is 0 Å². The lowest BCUT2D eigenvalue weighted by atomic mass is 9.88. The summed E-state index contributed by atoms with van der Waals surface area (Å²) in [6.07, 6.45) is 1.98. The van der Waals surface area contributed by atoms with Crippen LogP contribution in [0.2, 0.25) is 0 Å². The van der Waals surface area contributed by atoms with Crippen LogP contribution in [0.15, 0.2) is 60.7 Å². The van der Waals surface area contributed by atoms with E-state index in [1.807, 2.05) is 74.5 Å². The van der Waals surface area contributed by atoms with Gasteiger partial charge in [-0.2, -0.15) is 0 Å². The number of nitrogens with two attached hydrogens (primary N) is 3. The number of amides is 2. The Kier molecular flexibility index (Phi) is 15.0. The van der Waals surface area contributed by atoms with Gasteiger partial charge < -0.3 is 32.3 Å². The number of carbonyl (C=O) groups is 4. The lowest BCUT2D eigenvalue weighted by molar-refractivity contribution is -0.139. The molecule has 0 aliphatic carbocycles. The van der Waals surface area contributed by atoms with Crippen molar-refractivity contribution in [2.24, 2.45) is 35.0 Å². The maximum Gasteiger partial charge on any atom is 0.226 e. The van der Waals surface area contributed by atoms with Crippen LogP contribution in [-0.2, 0) is 32.0 Å². The lowest BCUT2D eigenvalue weighted by Crippen LogP contribution is -2.47. The van der Waals surface area contributed by atoms with Crippen molar-refractivity contribution in [2.45, 2.75) is 70.9 Å². The molecule has 11 nitrogen and oxygen atoms in total. The van der Waals surface area contributed by atoms with Crippen molar-refractivity contribution >= 4 is 29.3 Å². The zero-order valence-electron chi connectivity index (χ0n) is 27.9. The molecule has 0 spiro atoms. The molecule has 1 fully saturated rings. The number of ketones is 2. The van der Waals surface area contributed by atoms with E-state index < -0.39 is 23.9 Å². The third-order valence-electron chi connectivity index (χ3n) is 8.73. The highest BCUT2D eigenvalue weighted by atomic mass is 16.2. The molecule has 0 saturated carbocycles. The van der Waals surface area contributed by atoms with Gasteiger partial charge in [0.2, 0.25) is 11.8 Å². The molecule has 2 aromatic carbocycles. The summed E-state index contributed by atoms with van der Waals surface area (Å²) in [5.74, 6) is -2.26. The monoisotopic (exact) mass is 647 g/mol. The molecule has 0 radical (unpaired) electrons. The number of nitrogens with one attached hydrogen (secondary N) is 2. The Morgan fingerprint density at radius 2 is 1.36 bits per heavy atom. The van der Waals surface area contributed by atoms with Crippen LogP contribution in [0, 0.1) is 23.2 Å². The number of carbonyl (C=O) groups excluding carboxylic acids is 4. The van der Waals surface area contributed by atoms with Gasteiger partial charge in [0.05, 0.1) is 12.1 Å². The molecule has 47 heavy (non-hydrogen) atoms. The van der Waals surface area contributed by atoms with Gasteiger partial charge >= 0.3 is 0 Å². The van der Waals surface area contributed by atoms with E-state index in [1.54, 1.807) is 9.80 Å². The second-order valence-corrected chi connectivity index (χ2v) is 13.0. The van der Waals surface area contributed by atoms with Gasteiger partial charge in [-0.1, -0.05) is 74.5 Å². The van der Waals surface area contributed by atoms with Gasteiger partial charge in [0.15, 0.2) is 17.5 Å². The van der Waals surface area contributed by atoms with E-state index in [4.69, 9.17) is 22.6 Å². The summed E-state index contributed by atoms with van der Waals surface area (Å²) in [6.45, 7) is 6.13. The molecule has 8 N–H and O–H groups in total. The number of Topliss-reactive ketones (excluding diaryl/α,β-unsaturated/α-hetero) is 2. The fraction of sp³-hybridized carbons (Fsp3) is 0.528. The summed E-state index contributed by atoms with van der Waals surface area (Å²) in [7, 11) is 0. The maximum atomic E-state index is 13.9.